The first-order valence-corrected chi connectivity index (χ1v) is 7.87. The maximum absolute atomic E-state index is 12.2. The normalized spacial score (nSPS) is 16.0. The van der Waals surface area contributed by atoms with Gasteiger partial charge >= 0.3 is 5.97 Å². The molecule has 1 saturated carbocycles. The highest BCUT2D eigenvalue weighted by molar-refractivity contribution is 5.78. The third-order valence-corrected chi connectivity index (χ3v) is 3.96. The van der Waals surface area contributed by atoms with Gasteiger partial charge in [0, 0.05) is 11.1 Å². The number of benzene rings is 1. The molecule has 1 aromatic rings. The third-order valence-electron chi connectivity index (χ3n) is 3.96. The zero-order valence-electron chi connectivity index (χ0n) is 14.5. The number of rotatable bonds is 2. The molecule has 0 heterocycles. The molecule has 0 bridgehead atoms. The second kappa shape index (κ2) is 5.15. The molecule has 0 unspecified atom stereocenters. The highest BCUT2D eigenvalue weighted by Gasteiger charge is 2.35. The van der Waals surface area contributed by atoms with Crippen molar-refractivity contribution in [2.45, 2.75) is 72.1 Å². The summed E-state index contributed by atoms with van der Waals surface area (Å²) in [5.74, 6) is 0.847. The second-order valence-corrected chi connectivity index (χ2v) is 8.38. The fraction of sp³-hybridized carbons (Fsp3) is 0.632. The van der Waals surface area contributed by atoms with Gasteiger partial charge in [0.1, 0.15) is 5.75 Å². The van der Waals surface area contributed by atoms with Crippen molar-refractivity contribution < 1.29 is 9.53 Å². The van der Waals surface area contributed by atoms with E-state index < -0.39 is 0 Å². The van der Waals surface area contributed by atoms with Crippen LogP contribution in [0, 0.1) is 12.8 Å². The predicted octanol–water partition coefficient (Wildman–Crippen LogP) is 4.91. The van der Waals surface area contributed by atoms with Crippen LogP contribution in [0.15, 0.2) is 12.1 Å². The number of carbonyl (C=O) groups excluding carboxylic acids is 1. The van der Waals surface area contributed by atoms with E-state index in [0.29, 0.717) is 0 Å². The van der Waals surface area contributed by atoms with Crippen molar-refractivity contribution in [2.24, 2.45) is 5.92 Å². The van der Waals surface area contributed by atoms with Crippen molar-refractivity contribution in [3.63, 3.8) is 0 Å². The SMILES string of the molecule is Cc1cc(C(C)(C)C)c(OC(=O)C2CC2)c(C(C)(C)C)c1. The Hall–Kier alpha value is -1.31. The Morgan fingerprint density at radius 3 is 1.76 bits per heavy atom. The highest BCUT2D eigenvalue weighted by atomic mass is 16.5. The monoisotopic (exact) mass is 288 g/mol. The summed E-state index contributed by atoms with van der Waals surface area (Å²) in [7, 11) is 0. The van der Waals surface area contributed by atoms with Gasteiger partial charge in [-0.15, -0.1) is 0 Å². The van der Waals surface area contributed by atoms with Gasteiger partial charge in [0.25, 0.3) is 0 Å². The fourth-order valence-corrected chi connectivity index (χ4v) is 2.50. The number of carbonyl (C=O) groups is 1. The second-order valence-electron chi connectivity index (χ2n) is 8.38. The van der Waals surface area contributed by atoms with Crippen LogP contribution in [0.2, 0.25) is 0 Å². The Bertz CT molecular complexity index is 517. The van der Waals surface area contributed by atoms with Gasteiger partial charge in [-0.1, -0.05) is 59.2 Å². The lowest BCUT2D eigenvalue weighted by molar-refractivity contribution is -0.135. The quantitative estimate of drug-likeness (QED) is 0.571. The molecule has 0 aromatic heterocycles. The van der Waals surface area contributed by atoms with Crippen LogP contribution >= 0.6 is 0 Å². The number of ether oxygens (including phenoxy) is 1. The fourth-order valence-electron chi connectivity index (χ4n) is 2.50. The molecule has 0 N–H and O–H groups in total. The molecule has 1 fully saturated rings. The van der Waals surface area contributed by atoms with Crippen molar-refractivity contribution in [1.82, 2.24) is 0 Å². The molecule has 1 aliphatic carbocycles. The van der Waals surface area contributed by atoms with E-state index in [-0.39, 0.29) is 22.7 Å². The molecule has 2 heteroatoms. The van der Waals surface area contributed by atoms with Crippen LogP contribution in [-0.4, -0.2) is 5.97 Å². The molecule has 0 saturated heterocycles. The molecule has 21 heavy (non-hydrogen) atoms. The van der Waals surface area contributed by atoms with Crippen LogP contribution < -0.4 is 4.74 Å². The summed E-state index contributed by atoms with van der Waals surface area (Å²) < 4.78 is 5.87. The maximum Gasteiger partial charge on any atom is 0.314 e. The Balaban J connectivity index is 2.57. The Labute approximate surface area is 128 Å². The lowest BCUT2D eigenvalue weighted by Gasteiger charge is -2.29. The average Bonchev–Trinajstić information content (AvgIpc) is 3.11. The molecule has 0 radical (unpaired) electrons. The van der Waals surface area contributed by atoms with E-state index in [0.717, 1.165) is 29.7 Å². The Morgan fingerprint density at radius 1 is 1.00 bits per heavy atom. The Kier molecular flexibility index (Phi) is 3.94. The van der Waals surface area contributed by atoms with Crippen LogP contribution in [-0.2, 0) is 15.6 Å². The molecule has 0 spiro atoms. The molecule has 116 valence electrons. The smallest absolute Gasteiger partial charge is 0.314 e. The van der Waals surface area contributed by atoms with E-state index >= 15 is 0 Å². The first-order valence-electron chi connectivity index (χ1n) is 7.87. The van der Waals surface area contributed by atoms with Crippen molar-refractivity contribution >= 4 is 5.97 Å². The van der Waals surface area contributed by atoms with Gasteiger partial charge in [-0.05, 0) is 30.6 Å². The topological polar surface area (TPSA) is 26.3 Å². The molecule has 0 atom stereocenters. The van der Waals surface area contributed by atoms with Crippen LogP contribution in [0.3, 0.4) is 0 Å². The molecular weight excluding hydrogens is 260 g/mol. The van der Waals surface area contributed by atoms with Gasteiger partial charge in [0.05, 0.1) is 5.92 Å². The van der Waals surface area contributed by atoms with E-state index in [1.54, 1.807) is 0 Å². The highest BCUT2D eigenvalue weighted by Crippen LogP contribution is 2.42. The van der Waals surface area contributed by atoms with Crippen LogP contribution in [0.25, 0.3) is 0 Å². The lowest BCUT2D eigenvalue weighted by Crippen LogP contribution is -2.22. The zero-order chi connectivity index (χ0) is 16.0. The minimum atomic E-state index is -0.0603. The van der Waals surface area contributed by atoms with Crippen LogP contribution in [0.4, 0.5) is 0 Å². The number of hydrogen-bond donors (Lipinski definition) is 0. The summed E-state index contributed by atoms with van der Waals surface area (Å²) in [4.78, 5) is 12.2. The van der Waals surface area contributed by atoms with E-state index in [1.807, 2.05) is 0 Å². The molecule has 2 rings (SSSR count). The summed E-state index contributed by atoms with van der Waals surface area (Å²) in [6.45, 7) is 15.1. The van der Waals surface area contributed by atoms with Crippen LogP contribution in [0.1, 0.15) is 71.1 Å². The third kappa shape index (κ3) is 3.66. The summed E-state index contributed by atoms with van der Waals surface area (Å²) in [6, 6.07) is 4.31. The first kappa shape index (κ1) is 16.1. The van der Waals surface area contributed by atoms with Crippen molar-refractivity contribution in [1.29, 1.82) is 0 Å². The molecule has 2 nitrogen and oxygen atoms in total. The van der Waals surface area contributed by atoms with Gasteiger partial charge in [-0.3, -0.25) is 4.79 Å². The van der Waals surface area contributed by atoms with Gasteiger partial charge in [0.15, 0.2) is 0 Å². The Morgan fingerprint density at radius 2 is 1.43 bits per heavy atom. The summed E-state index contributed by atoms with van der Waals surface area (Å²) >= 11 is 0. The van der Waals surface area contributed by atoms with Crippen molar-refractivity contribution in [3.05, 3.63) is 28.8 Å². The zero-order valence-corrected chi connectivity index (χ0v) is 14.5. The standard InChI is InChI=1S/C19H28O2/c1-12-10-14(18(2,3)4)16(15(11-12)19(5,6)7)21-17(20)13-8-9-13/h10-11,13H,8-9H2,1-7H3. The van der Waals surface area contributed by atoms with Crippen LogP contribution in [0.5, 0.6) is 5.75 Å². The van der Waals surface area contributed by atoms with Crippen molar-refractivity contribution in [2.75, 3.05) is 0 Å². The van der Waals surface area contributed by atoms with Gasteiger partial charge in [-0.25, -0.2) is 0 Å². The van der Waals surface area contributed by atoms with Crippen molar-refractivity contribution in [3.8, 4) is 5.75 Å². The molecule has 0 amide bonds. The number of esters is 1. The molecule has 1 aliphatic rings. The molecule has 0 aliphatic heterocycles. The predicted molar refractivity (Wildman–Crippen MR) is 86.9 cm³/mol. The van der Waals surface area contributed by atoms with E-state index in [9.17, 15) is 4.79 Å². The first-order chi connectivity index (χ1) is 9.50. The summed E-state index contributed by atoms with van der Waals surface area (Å²) in [5.41, 5.74) is 3.37. The summed E-state index contributed by atoms with van der Waals surface area (Å²) in [5, 5.41) is 0. The van der Waals surface area contributed by atoms with Gasteiger partial charge < -0.3 is 4.74 Å². The van der Waals surface area contributed by atoms with Gasteiger partial charge in [0.2, 0.25) is 0 Å². The molecule has 1 aromatic carbocycles. The number of hydrogen-bond acceptors (Lipinski definition) is 2. The van der Waals surface area contributed by atoms with E-state index in [2.05, 4.69) is 60.6 Å². The summed E-state index contributed by atoms with van der Waals surface area (Å²) in [6.07, 6.45) is 1.95. The molecular formula is C19H28O2. The maximum atomic E-state index is 12.2. The minimum Gasteiger partial charge on any atom is -0.426 e. The van der Waals surface area contributed by atoms with E-state index in [4.69, 9.17) is 4.74 Å². The van der Waals surface area contributed by atoms with Gasteiger partial charge in [-0.2, -0.15) is 0 Å². The minimum absolute atomic E-state index is 0.0504. The lowest BCUT2D eigenvalue weighted by atomic mass is 9.78. The number of aryl methyl sites for hydroxylation is 1. The average molecular weight is 288 g/mol. The van der Waals surface area contributed by atoms with E-state index in [1.165, 1.54) is 5.56 Å². The largest absolute Gasteiger partial charge is 0.426 e.